The molecule has 1 saturated heterocycles. The minimum Gasteiger partial charge on any atom is -0.351 e. The van der Waals surface area contributed by atoms with Crippen molar-refractivity contribution < 1.29 is 22.8 Å². The van der Waals surface area contributed by atoms with E-state index in [2.05, 4.69) is 15.3 Å². The number of aryl methyl sites for hydroxylation is 1. The molecular weight excluding hydrogens is 423 g/mol. The lowest BCUT2D eigenvalue weighted by Gasteiger charge is -2.38. The van der Waals surface area contributed by atoms with E-state index in [1.54, 1.807) is 11.9 Å². The quantitative estimate of drug-likeness (QED) is 0.575. The van der Waals surface area contributed by atoms with E-state index in [0.29, 0.717) is 30.2 Å². The number of likely N-dealkylation sites (N-methyl/N-ethyl adjacent to an activating group) is 1. The Morgan fingerprint density at radius 3 is 2.53 bits per heavy atom. The number of aromatic nitrogens is 2. The monoisotopic (exact) mass is 445 g/mol. The van der Waals surface area contributed by atoms with Gasteiger partial charge in [0, 0.05) is 31.1 Å². The summed E-state index contributed by atoms with van der Waals surface area (Å²) in [5, 5.41) is 3.23. The van der Waals surface area contributed by atoms with Crippen LogP contribution in [0.2, 0.25) is 0 Å². The van der Waals surface area contributed by atoms with Gasteiger partial charge in [0.15, 0.2) is 29.1 Å². The number of halogens is 3. The summed E-state index contributed by atoms with van der Waals surface area (Å²) in [7, 11) is 1.74. The zero-order chi connectivity index (χ0) is 22.7. The Morgan fingerprint density at radius 1 is 1.16 bits per heavy atom. The van der Waals surface area contributed by atoms with Crippen LogP contribution in [0.5, 0.6) is 0 Å². The van der Waals surface area contributed by atoms with Crippen LogP contribution in [0, 0.1) is 30.3 Å². The van der Waals surface area contributed by atoms with E-state index in [1.807, 2.05) is 11.8 Å². The van der Waals surface area contributed by atoms with Gasteiger partial charge in [-0.3, -0.25) is 9.59 Å². The number of ketones is 1. The van der Waals surface area contributed by atoms with E-state index >= 15 is 0 Å². The van der Waals surface area contributed by atoms with Crippen LogP contribution < -0.4 is 15.1 Å². The number of hydrogen-bond acceptors (Lipinski definition) is 6. The summed E-state index contributed by atoms with van der Waals surface area (Å²) in [5.74, 6) is -3.95. The molecule has 1 saturated carbocycles. The zero-order valence-electron chi connectivity index (χ0n) is 17.7. The number of carbonyl (C=O) groups is 2. The van der Waals surface area contributed by atoms with E-state index in [1.165, 1.54) is 0 Å². The molecule has 168 valence electrons. The molecule has 0 bridgehead atoms. The van der Waals surface area contributed by atoms with Crippen molar-refractivity contribution in [3.8, 4) is 0 Å². The summed E-state index contributed by atoms with van der Waals surface area (Å²) in [5.41, 5.74) is 1.22. The van der Waals surface area contributed by atoms with Crippen molar-refractivity contribution in [2.24, 2.45) is 5.92 Å². The first-order chi connectivity index (χ1) is 15.2. The minimum absolute atomic E-state index is 0.0522. The molecule has 0 spiro atoms. The van der Waals surface area contributed by atoms with E-state index in [4.69, 9.17) is 0 Å². The fourth-order valence-electron chi connectivity index (χ4n) is 4.89. The van der Waals surface area contributed by atoms with E-state index in [-0.39, 0.29) is 23.6 Å². The van der Waals surface area contributed by atoms with Gasteiger partial charge < -0.3 is 15.1 Å². The number of amides is 1. The molecule has 5 rings (SSSR count). The molecule has 1 N–H and O–H groups in total. The van der Waals surface area contributed by atoms with Crippen molar-refractivity contribution in [2.45, 2.75) is 44.7 Å². The van der Waals surface area contributed by atoms with Crippen LogP contribution in [-0.2, 0) is 4.79 Å². The van der Waals surface area contributed by atoms with E-state index in [9.17, 15) is 22.8 Å². The van der Waals surface area contributed by atoms with Crippen molar-refractivity contribution in [3.05, 3.63) is 40.8 Å². The highest BCUT2D eigenvalue weighted by Crippen LogP contribution is 2.41. The average Bonchev–Trinajstić information content (AvgIpc) is 3.21. The van der Waals surface area contributed by atoms with Gasteiger partial charge in [0.25, 0.3) is 0 Å². The number of carbonyl (C=O) groups excluding carboxylic acids is 2. The van der Waals surface area contributed by atoms with Crippen molar-refractivity contribution in [1.29, 1.82) is 0 Å². The highest BCUT2D eigenvalue weighted by molar-refractivity contribution is 6.05. The molecule has 1 amide bonds. The molecule has 1 aliphatic carbocycles. The number of fused-ring (bicyclic) bond motifs is 3. The molecule has 2 aliphatic heterocycles. The Labute approximate surface area is 182 Å². The van der Waals surface area contributed by atoms with E-state index < -0.39 is 29.2 Å². The number of Topliss-reactive ketones (excluding diaryl/α,β-unsaturated/α-hetero) is 1. The molecule has 7 nitrogen and oxygen atoms in total. The Kier molecular flexibility index (Phi) is 4.83. The van der Waals surface area contributed by atoms with Gasteiger partial charge in [0.2, 0.25) is 11.9 Å². The minimum atomic E-state index is -1.58. The van der Waals surface area contributed by atoms with Crippen LogP contribution in [0.1, 0.15) is 41.7 Å². The fourth-order valence-corrected chi connectivity index (χ4v) is 4.89. The first-order valence-corrected chi connectivity index (χ1v) is 10.6. The second-order valence-corrected chi connectivity index (χ2v) is 8.68. The first-order valence-electron chi connectivity index (χ1n) is 10.6. The summed E-state index contributed by atoms with van der Waals surface area (Å²) in [6, 6.07) is 1.20. The molecule has 1 aromatic carbocycles. The predicted octanol–water partition coefficient (Wildman–Crippen LogP) is 3.22. The van der Waals surface area contributed by atoms with Gasteiger partial charge in [-0.1, -0.05) is 0 Å². The van der Waals surface area contributed by atoms with Crippen LogP contribution in [0.15, 0.2) is 12.1 Å². The second kappa shape index (κ2) is 7.46. The summed E-state index contributed by atoms with van der Waals surface area (Å²) in [6.07, 6.45) is 2.62. The smallest absolute Gasteiger partial charge is 0.249 e. The number of nitrogens with one attached hydrogen (secondary N) is 1. The Bertz CT molecular complexity index is 1110. The molecule has 10 heteroatoms. The zero-order valence-corrected chi connectivity index (χ0v) is 17.7. The van der Waals surface area contributed by atoms with Crippen LogP contribution in [-0.4, -0.2) is 47.3 Å². The van der Waals surface area contributed by atoms with Crippen molar-refractivity contribution in [1.82, 2.24) is 9.97 Å². The lowest BCUT2D eigenvalue weighted by atomic mass is 9.76. The number of nitrogens with zero attached hydrogens (tertiary/aromatic N) is 4. The number of anilines is 3. The van der Waals surface area contributed by atoms with Gasteiger partial charge in [0.05, 0.1) is 5.69 Å². The van der Waals surface area contributed by atoms with Crippen LogP contribution in [0.25, 0.3) is 0 Å². The Morgan fingerprint density at radius 2 is 1.84 bits per heavy atom. The normalized spacial score (nSPS) is 24.2. The third kappa shape index (κ3) is 3.20. The molecule has 32 heavy (non-hydrogen) atoms. The second-order valence-electron chi connectivity index (χ2n) is 8.68. The van der Waals surface area contributed by atoms with Gasteiger partial charge in [-0.25, -0.2) is 18.2 Å². The summed E-state index contributed by atoms with van der Waals surface area (Å²) < 4.78 is 40.0. The summed E-state index contributed by atoms with van der Waals surface area (Å²) >= 11 is 0. The van der Waals surface area contributed by atoms with Crippen molar-refractivity contribution in [3.63, 3.8) is 0 Å². The standard InChI is InChI=1S/C22H22F3N5O2/c1-10-18-20(30-5-3-4-16(30)21(32)29(18)2)28-22(26-10)27-13-6-11(7-13)19(31)12-8-14(23)17(25)15(24)9-12/h8-9,11,13,16H,3-7H2,1-2H3,(H,26,27,28). The highest BCUT2D eigenvalue weighted by atomic mass is 19.2. The lowest BCUT2D eigenvalue weighted by Crippen LogP contribution is -2.50. The van der Waals surface area contributed by atoms with Crippen LogP contribution in [0.4, 0.5) is 30.6 Å². The topological polar surface area (TPSA) is 78.4 Å². The predicted molar refractivity (Wildman–Crippen MR) is 111 cm³/mol. The largest absolute Gasteiger partial charge is 0.351 e. The SMILES string of the molecule is Cc1nc(NC2CC(C(=O)c3cc(F)c(F)c(F)c3)C2)nc2c1N(C)C(=O)C1CCCN21. The van der Waals surface area contributed by atoms with E-state index in [0.717, 1.165) is 37.3 Å². The fraction of sp³-hybridized carbons (Fsp3) is 0.455. The average molecular weight is 445 g/mol. The highest BCUT2D eigenvalue weighted by Gasteiger charge is 2.42. The third-order valence-corrected chi connectivity index (χ3v) is 6.63. The molecule has 1 unspecified atom stereocenters. The van der Waals surface area contributed by atoms with Gasteiger partial charge in [-0.2, -0.15) is 4.98 Å². The third-order valence-electron chi connectivity index (χ3n) is 6.63. The van der Waals surface area contributed by atoms with Crippen LogP contribution in [0.3, 0.4) is 0 Å². The maximum Gasteiger partial charge on any atom is 0.249 e. The van der Waals surface area contributed by atoms with Gasteiger partial charge in [-0.05, 0) is 44.7 Å². The maximum atomic E-state index is 13.4. The summed E-state index contributed by atoms with van der Waals surface area (Å²) in [6.45, 7) is 2.59. The number of rotatable bonds is 4. The lowest BCUT2D eigenvalue weighted by molar-refractivity contribution is -0.119. The summed E-state index contributed by atoms with van der Waals surface area (Å²) in [4.78, 5) is 38.0. The van der Waals surface area contributed by atoms with Gasteiger partial charge in [-0.15, -0.1) is 0 Å². The molecule has 2 fully saturated rings. The van der Waals surface area contributed by atoms with Crippen molar-refractivity contribution in [2.75, 3.05) is 28.7 Å². The van der Waals surface area contributed by atoms with Crippen LogP contribution >= 0.6 is 0 Å². The molecule has 2 aromatic rings. The Balaban J connectivity index is 1.30. The Hall–Kier alpha value is -3.17. The molecule has 3 heterocycles. The van der Waals surface area contributed by atoms with Gasteiger partial charge >= 0.3 is 0 Å². The number of hydrogen-bond donors (Lipinski definition) is 1. The number of benzene rings is 1. The molecule has 3 aliphatic rings. The molecule has 1 aromatic heterocycles. The first kappa shape index (κ1) is 20.7. The molecule has 0 radical (unpaired) electrons. The van der Waals surface area contributed by atoms with Gasteiger partial charge in [0.1, 0.15) is 11.7 Å². The maximum absolute atomic E-state index is 13.4. The molecule has 1 atom stereocenters. The van der Waals surface area contributed by atoms with Crippen molar-refractivity contribution >= 4 is 29.1 Å². The molecular formula is C22H22F3N5O2.